The number of aryl methyl sites for hydroxylation is 2. The van der Waals surface area contributed by atoms with Crippen LogP contribution in [0, 0.1) is 13.3 Å². The molecule has 2 aromatic carbocycles. The third kappa shape index (κ3) is 3.23. The van der Waals surface area contributed by atoms with Gasteiger partial charge in [0.05, 0.1) is 0 Å². The zero-order chi connectivity index (χ0) is 11.2. The smallest absolute Gasteiger partial charge is 0.00897 e. The van der Waals surface area contributed by atoms with E-state index in [1.807, 2.05) is 0 Å². The molecule has 16 heavy (non-hydrogen) atoms. The molecule has 0 nitrogen and oxygen atoms in total. The largest absolute Gasteiger partial charge is 0.0622 e. The summed E-state index contributed by atoms with van der Waals surface area (Å²) in [5, 5.41) is 0. The Morgan fingerprint density at radius 2 is 1.75 bits per heavy atom. The lowest BCUT2D eigenvalue weighted by atomic mass is 10.0. The highest BCUT2D eigenvalue weighted by Crippen LogP contribution is 2.11. The fourth-order valence-electron chi connectivity index (χ4n) is 1.85. The van der Waals surface area contributed by atoms with Crippen molar-refractivity contribution in [3.8, 4) is 0 Å². The molecule has 0 bridgehead atoms. The minimum Gasteiger partial charge on any atom is -0.0622 e. The Balaban J connectivity index is 1.85. The highest BCUT2D eigenvalue weighted by Gasteiger charge is 1.95. The van der Waals surface area contributed by atoms with Gasteiger partial charge >= 0.3 is 0 Å². The van der Waals surface area contributed by atoms with Gasteiger partial charge in [0.2, 0.25) is 0 Å². The van der Waals surface area contributed by atoms with E-state index in [0.29, 0.717) is 0 Å². The van der Waals surface area contributed by atoms with Crippen LogP contribution in [0.15, 0.2) is 54.6 Å². The first-order valence-electron chi connectivity index (χ1n) is 5.78. The molecule has 0 aliphatic carbocycles. The minimum atomic E-state index is 1.10. The Morgan fingerprint density at radius 1 is 0.938 bits per heavy atom. The molecule has 0 unspecified atom stereocenters. The Labute approximate surface area is 97.9 Å². The van der Waals surface area contributed by atoms with E-state index in [1.165, 1.54) is 16.7 Å². The van der Waals surface area contributed by atoms with Gasteiger partial charge in [-0.25, -0.2) is 0 Å². The van der Waals surface area contributed by atoms with E-state index >= 15 is 0 Å². The quantitative estimate of drug-likeness (QED) is 0.708. The SMILES string of the molecule is Cc1cccc([CH]CCc2ccccc2)c1. The summed E-state index contributed by atoms with van der Waals surface area (Å²) < 4.78 is 0. The Kier molecular flexibility index (Phi) is 3.76. The first-order valence-corrected chi connectivity index (χ1v) is 5.78. The van der Waals surface area contributed by atoms with Crippen LogP contribution in [0.4, 0.5) is 0 Å². The first-order chi connectivity index (χ1) is 7.84. The Bertz CT molecular complexity index is 429. The zero-order valence-electron chi connectivity index (χ0n) is 9.69. The van der Waals surface area contributed by atoms with Gasteiger partial charge in [0, 0.05) is 0 Å². The summed E-state index contributed by atoms with van der Waals surface area (Å²) in [6.07, 6.45) is 4.53. The Hall–Kier alpha value is -1.56. The lowest BCUT2D eigenvalue weighted by Crippen LogP contribution is -1.88. The van der Waals surface area contributed by atoms with Crippen molar-refractivity contribution in [2.75, 3.05) is 0 Å². The molecule has 2 rings (SSSR count). The van der Waals surface area contributed by atoms with E-state index in [2.05, 4.69) is 67.9 Å². The van der Waals surface area contributed by atoms with Crippen molar-refractivity contribution < 1.29 is 0 Å². The number of rotatable bonds is 4. The van der Waals surface area contributed by atoms with Crippen LogP contribution in [0.25, 0.3) is 0 Å². The van der Waals surface area contributed by atoms with Gasteiger partial charge in [0.15, 0.2) is 0 Å². The molecule has 0 heterocycles. The molecule has 0 amide bonds. The Morgan fingerprint density at radius 3 is 2.50 bits per heavy atom. The highest BCUT2D eigenvalue weighted by molar-refractivity contribution is 5.28. The molecule has 0 aromatic heterocycles. The van der Waals surface area contributed by atoms with Gasteiger partial charge in [-0.1, -0.05) is 60.2 Å². The van der Waals surface area contributed by atoms with E-state index in [1.54, 1.807) is 0 Å². The number of hydrogen-bond donors (Lipinski definition) is 0. The van der Waals surface area contributed by atoms with Crippen LogP contribution < -0.4 is 0 Å². The zero-order valence-corrected chi connectivity index (χ0v) is 9.69. The maximum absolute atomic E-state index is 2.31. The van der Waals surface area contributed by atoms with E-state index in [9.17, 15) is 0 Å². The van der Waals surface area contributed by atoms with Gasteiger partial charge in [-0.3, -0.25) is 0 Å². The summed E-state index contributed by atoms with van der Waals surface area (Å²) >= 11 is 0. The second kappa shape index (κ2) is 5.50. The average Bonchev–Trinajstić information content (AvgIpc) is 2.30. The minimum absolute atomic E-state index is 1.10. The molecule has 81 valence electrons. The van der Waals surface area contributed by atoms with Crippen molar-refractivity contribution in [1.29, 1.82) is 0 Å². The van der Waals surface area contributed by atoms with Crippen molar-refractivity contribution in [1.82, 2.24) is 0 Å². The molecule has 2 aromatic rings. The van der Waals surface area contributed by atoms with E-state index in [-0.39, 0.29) is 0 Å². The van der Waals surface area contributed by atoms with E-state index in [0.717, 1.165) is 12.8 Å². The number of benzene rings is 2. The normalized spacial score (nSPS) is 10.3. The van der Waals surface area contributed by atoms with Crippen molar-refractivity contribution in [3.63, 3.8) is 0 Å². The van der Waals surface area contributed by atoms with Crippen LogP contribution in [0.1, 0.15) is 23.1 Å². The molecule has 0 fully saturated rings. The van der Waals surface area contributed by atoms with Gasteiger partial charge in [-0.05, 0) is 37.3 Å². The standard InChI is InChI=1S/C16H17/c1-14-7-5-11-16(13-14)12-6-10-15-8-3-2-4-9-15/h2-5,7-9,11-13H,6,10H2,1H3. The van der Waals surface area contributed by atoms with Crippen LogP contribution in [0.5, 0.6) is 0 Å². The molecule has 0 aliphatic rings. The van der Waals surface area contributed by atoms with Gasteiger partial charge in [-0.2, -0.15) is 0 Å². The first kappa shape index (κ1) is 10.9. The monoisotopic (exact) mass is 209 g/mol. The van der Waals surface area contributed by atoms with Crippen LogP contribution >= 0.6 is 0 Å². The fourth-order valence-corrected chi connectivity index (χ4v) is 1.85. The van der Waals surface area contributed by atoms with Crippen molar-refractivity contribution in [3.05, 3.63) is 77.7 Å². The van der Waals surface area contributed by atoms with E-state index < -0.39 is 0 Å². The topological polar surface area (TPSA) is 0 Å². The van der Waals surface area contributed by atoms with Crippen molar-refractivity contribution in [2.45, 2.75) is 19.8 Å². The summed E-state index contributed by atoms with van der Waals surface area (Å²) in [6, 6.07) is 19.3. The second-order valence-electron chi connectivity index (χ2n) is 4.14. The third-order valence-corrected chi connectivity index (χ3v) is 2.70. The predicted molar refractivity (Wildman–Crippen MR) is 69.3 cm³/mol. The number of hydrogen-bond acceptors (Lipinski definition) is 0. The lowest BCUT2D eigenvalue weighted by molar-refractivity contribution is 0.950. The van der Waals surface area contributed by atoms with Crippen LogP contribution in [-0.4, -0.2) is 0 Å². The van der Waals surface area contributed by atoms with Gasteiger partial charge < -0.3 is 0 Å². The molecule has 0 N–H and O–H groups in total. The maximum Gasteiger partial charge on any atom is -0.00897 e. The summed E-state index contributed by atoms with van der Waals surface area (Å²) in [4.78, 5) is 0. The van der Waals surface area contributed by atoms with Crippen LogP contribution in [0.3, 0.4) is 0 Å². The molecule has 0 saturated heterocycles. The lowest BCUT2D eigenvalue weighted by Gasteiger charge is -2.02. The average molecular weight is 209 g/mol. The summed E-state index contributed by atoms with van der Waals surface area (Å²) in [5.74, 6) is 0. The van der Waals surface area contributed by atoms with Crippen molar-refractivity contribution in [2.24, 2.45) is 0 Å². The molecule has 1 radical (unpaired) electrons. The van der Waals surface area contributed by atoms with Crippen LogP contribution in [0.2, 0.25) is 0 Å². The predicted octanol–water partition coefficient (Wildman–Crippen LogP) is 4.18. The molecule has 0 atom stereocenters. The van der Waals surface area contributed by atoms with Gasteiger partial charge in [-0.15, -0.1) is 0 Å². The second-order valence-corrected chi connectivity index (χ2v) is 4.14. The van der Waals surface area contributed by atoms with Crippen LogP contribution in [-0.2, 0) is 6.42 Å². The molecule has 0 aliphatic heterocycles. The summed E-state index contributed by atoms with van der Waals surface area (Å²) in [6.45, 7) is 2.13. The molecule has 0 saturated carbocycles. The fraction of sp³-hybridized carbons (Fsp3) is 0.188. The van der Waals surface area contributed by atoms with E-state index in [4.69, 9.17) is 0 Å². The molecule has 0 heteroatoms. The van der Waals surface area contributed by atoms with Crippen molar-refractivity contribution >= 4 is 0 Å². The summed E-state index contributed by atoms with van der Waals surface area (Å²) in [5.41, 5.74) is 4.07. The summed E-state index contributed by atoms with van der Waals surface area (Å²) in [7, 11) is 0. The molecular formula is C16H17. The molecular weight excluding hydrogens is 192 g/mol. The molecule has 0 spiro atoms. The maximum atomic E-state index is 2.31. The van der Waals surface area contributed by atoms with Gasteiger partial charge in [0.25, 0.3) is 0 Å². The highest BCUT2D eigenvalue weighted by atomic mass is 14.0. The third-order valence-electron chi connectivity index (χ3n) is 2.70. The van der Waals surface area contributed by atoms with Gasteiger partial charge in [0.1, 0.15) is 0 Å².